The van der Waals surface area contributed by atoms with Gasteiger partial charge in [0.15, 0.2) is 6.10 Å². The van der Waals surface area contributed by atoms with Crippen LogP contribution in [-0.4, -0.2) is 24.6 Å². The molecular weight excluding hydrogens is 320 g/mol. The summed E-state index contributed by atoms with van der Waals surface area (Å²) in [5.41, 5.74) is 1.07. The SMILES string of the molecule is CCNC(=O)C(C)Oc1c(Br)cccc1CNC1CC1. The third-order valence-corrected chi connectivity index (χ3v) is 3.85. The van der Waals surface area contributed by atoms with Crippen molar-refractivity contribution < 1.29 is 9.53 Å². The zero-order chi connectivity index (χ0) is 14.5. The fraction of sp³-hybridized carbons (Fsp3) is 0.533. The molecule has 1 aromatic carbocycles. The monoisotopic (exact) mass is 340 g/mol. The maximum Gasteiger partial charge on any atom is 0.260 e. The summed E-state index contributed by atoms with van der Waals surface area (Å²) in [4.78, 5) is 11.8. The third-order valence-electron chi connectivity index (χ3n) is 3.22. The third kappa shape index (κ3) is 4.21. The Morgan fingerprint density at radius 3 is 2.90 bits per heavy atom. The number of likely N-dealkylation sites (N-methyl/N-ethyl adjacent to an activating group) is 1. The molecule has 110 valence electrons. The van der Waals surface area contributed by atoms with Crippen LogP contribution in [0.3, 0.4) is 0 Å². The van der Waals surface area contributed by atoms with E-state index in [2.05, 4.69) is 26.6 Å². The van der Waals surface area contributed by atoms with E-state index in [1.54, 1.807) is 6.92 Å². The van der Waals surface area contributed by atoms with Crippen molar-refractivity contribution >= 4 is 21.8 Å². The molecule has 0 radical (unpaired) electrons. The summed E-state index contributed by atoms with van der Waals surface area (Å²) in [7, 11) is 0. The number of hydrogen-bond donors (Lipinski definition) is 2. The van der Waals surface area contributed by atoms with Crippen LogP contribution in [0.5, 0.6) is 5.75 Å². The Balaban J connectivity index is 2.05. The summed E-state index contributed by atoms with van der Waals surface area (Å²) in [5, 5.41) is 6.24. The molecule has 4 nitrogen and oxygen atoms in total. The largest absolute Gasteiger partial charge is 0.479 e. The maximum atomic E-state index is 11.8. The van der Waals surface area contributed by atoms with Crippen molar-refractivity contribution in [3.05, 3.63) is 28.2 Å². The first-order valence-electron chi connectivity index (χ1n) is 7.07. The number of benzene rings is 1. The zero-order valence-electron chi connectivity index (χ0n) is 11.9. The van der Waals surface area contributed by atoms with Crippen LogP contribution in [0.1, 0.15) is 32.3 Å². The first kappa shape index (κ1) is 15.3. The standard InChI is InChI=1S/C15H21BrN2O2/c1-3-17-15(19)10(2)20-14-11(5-4-6-13(14)16)9-18-12-7-8-12/h4-6,10,12,18H,3,7-9H2,1-2H3,(H,17,19). The molecule has 1 aliphatic rings. The van der Waals surface area contributed by atoms with Crippen LogP contribution >= 0.6 is 15.9 Å². The quantitative estimate of drug-likeness (QED) is 0.802. The van der Waals surface area contributed by atoms with Crippen molar-refractivity contribution in [1.82, 2.24) is 10.6 Å². The zero-order valence-corrected chi connectivity index (χ0v) is 13.5. The summed E-state index contributed by atoms with van der Waals surface area (Å²) >= 11 is 3.50. The number of halogens is 1. The van der Waals surface area contributed by atoms with E-state index in [4.69, 9.17) is 4.74 Å². The Labute approximate surface area is 128 Å². The summed E-state index contributed by atoms with van der Waals surface area (Å²) < 4.78 is 6.72. The number of hydrogen-bond acceptors (Lipinski definition) is 3. The van der Waals surface area contributed by atoms with Crippen molar-refractivity contribution in [2.75, 3.05) is 6.54 Å². The topological polar surface area (TPSA) is 50.4 Å². The smallest absolute Gasteiger partial charge is 0.260 e. The highest BCUT2D eigenvalue weighted by molar-refractivity contribution is 9.10. The van der Waals surface area contributed by atoms with Gasteiger partial charge in [-0.2, -0.15) is 0 Å². The van der Waals surface area contributed by atoms with Gasteiger partial charge in [-0.05, 0) is 48.7 Å². The lowest BCUT2D eigenvalue weighted by Gasteiger charge is -2.18. The number of nitrogens with one attached hydrogen (secondary N) is 2. The van der Waals surface area contributed by atoms with E-state index in [9.17, 15) is 4.79 Å². The molecule has 5 heteroatoms. The number of rotatable bonds is 7. The van der Waals surface area contributed by atoms with Crippen molar-refractivity contribution in [2.45, 2.75) is 45.4 Å². The molecule has 1 fully saturated rings. The van der Waals surface area contributed by atoms with Gasteiger partial charge in [-0.3, -0.25) is 4.79 Å². The number of ether oxygens (including phenoxy) is 1. The predicted octanol–water partition coefficient (Wildman–Crippen LogP) is 2.60. The van der Waals surface area contributed by atoms with Crippen molar-refractivity contribution in [2.24, 2.45) is 0 Å². The van der Waals surface area contributed by atoms with Crippen LogP contribution in [0.2, 0.25) is 0 Å². The van der Waals surface area contributed by atoms with Crippen molar-refractivity contribution in [3.63, 3.8) is 0 Å². The van der Waals surface area contributed by atoms with Gasteiger partial charge < -0.3 is 15.4 Å². The average Bonchev–Trinajstić information content (AvgIpc) is 3.23. The van der Waals surface area contributed by atoms with Crippen LogP contribution in [-0.2, 0) is 11.3 Å². The van der Waals surface area contributed by atoms with Gasteiger partial charge in [0.1, 0.15) is 5.75 Å². The molecule has 1 atom stereocenters. The minimum Gasteiger partial charge on any atom is -0.479 e. The number of amides is 1. The van der Waals surface area contributed by atoms with Gasteiger partial charge in [-0.25, -0.2) is 0 Å². The molecule has 0 bridgehead atoms. The molecule has 1 amide bonds. The summed E-state index contributed by atoms with van der Waals surface area (Å²) in [6.45, 7) is 5.04. The average molecular weight is 341 g/mol. The highest BCUT2D eigenvalue weighted by Gasteiger charge is 2.22. The second-order valence-corrected chi connectivity index (χ2v) is 5.89. The number of para-hydroxylation sites is 1. The van der Waals surface area contributed by atoms with Gasteiger partial charge in [0, 0.05) is 24.7 Å². The molecule has 0 aliphatic heterocycles. The molecule has 2 rings (SSSR count). The summed E-state index contributed by atoms with van der Waals surface area (Å²) in [6, 6.07) is 6.58. The van der Waals surface area contributed by atoms with Crippen LogP contribution in [0.4, 0.5) is 0 Å². The molecule has 1 saturated carbocycles. The normalized spacial score (nSPS) is 15.8. The molecule has 0 spiro atoms. The van der Waals surface area contributed by atoms with Crippen LogP contribution in [0, 0.1) is 0 Å². The fourth-order valence-electron chi connectivity index (χ4n) is 1.91. The molecule has 0 saturated heterocycles. The fourth-order valence-corrected chi connectivity index (χ4v) is 2.42. The lowest BCUT2D eigenvalue weighted by molar-refractivity contribution is -0.127. The Morgan fingerprint density at radius 2 is 2.25 bits per heavy atom. The van der Waals surface area contributed by atoms with Crippen LogP contribution in [0.15, 0.2) is 22.7 Å². The predicted molar refractivity (Wildman–Crippen MR) is 82.8 cm³/mol. The summed E-state index contributed by atoms with van der Waals surface area (Å²) in [6.07, 6.45) is 1.99. The lowest BCUT2D eigenvalue weighted by Crippen LogP contribution is -2.36. The first-order chi connectivity index (χ1) is 9.61. The lowest BCUT2D eigenvalue weighted by atomic mass is 10.2. The molecule has 1 aliphatic carbocycles. The highest BCUT2D eigenvalue weighted by Crippen LogP contribution is 2.31. The van der Waals surface area contributed by atoms with E-state index in [1.165, 1.54) is 12.8 Å². The molecule has 1 aromatic rings. The molecule has 2 N–H and O–H groups in total. The van der Waals surface area contributed by atoms with Gasteiger partial charge in [0.2, 0.25) is 0 Å². The summed E-state index contributed by atoms with van der Waals surface area (Å²) in [5.74, 6) is 0.656. The maximum absolute atomic E-state index is 11.8. The van der Waals surface area contributed by atoms with E-state index < -0.39 is 6.10 Å². The Kier molecular flexibility index (Phi) is 5.43. The van der Waals surface area contributed by atoms with E-state index in [0.29, 0.717) is 12.6 Å². The molecular formula is C15H21BrN2O2. The Hall–Kier alpha value is -1.07. The van der Waals surface area contributed by atoms with E-state index >= 15 is 0 Å². The van der Waals surface area contributed by atoms with Gasteiger partial charge in [-0.15, -0.1) is 0 Å². The van der Waals surface area contributed by atoms with Gasteiger partial charge in [0.25, 0.3) is 5.91 Å². The van der Waals surface area contributed by atoms with Crippen LogP contribution in [0.25, 0.3) is 0 Å². The molecule has 1 unspecified atom stereocenters. The molecule has 0 aromatic heterocycles. The van der Waals surface area contributed by atoms with Crippen molar-refractivity contribution in [1.29, 1.82) is 0 Å². The minimum atomic E-state index is -0.506. The second kappa shape index (κ2) is 7.09. The minimum absolute atomic E-state index is 0.0932. The first-order valence-corrected chi connectivity index (χ1v) is 7.86. The molecule has 20 heavy (non-hydrogen) atoms. The Bertz CT molecular complexity index is 475. The van der Waals surface area contributed by atoms with Crippen molar-refractivity contribution in [3.8, 4) is 5.75 Å². The van der Waals surface area contributed by atoms with E-state index in [0.717, 1.165) is 22.3 Å². The Morgan fingerprint density at radius 1 is 1.50 bits per heavy atom. The highest BCUT2D eigenvalue weighted by atomic mass is 79.9. The van der Waals surface area contributed by atoms with Crippen LogP contribution < -0.4 is 15.4 Å². The second-order valence-electron chi connectivity index (χ2n) is 5.04. The van der Waals surface area contributed by atoms with Gasteiger partial charge in [-0.1, -0.05) is 12.1 Å². The van der Waals surface area contributed by atoms with E-state index in [-0.39, 0.29) is 5.91 Å². The molecule has 0 heterocycles. The number of carbonyl (C=O) groups excluding carboxylic acids is 1. The van der Waals surface area contributed by atoms with Gasteiger partial charge in [0.05, 0.1) is 4.47 Å². The van der Waals surface area contributed by atoms with E-state index in [1.807, 2.05) is 25.1 Å². The van der Waals surface area contributed by atoms with Gasteiger partial charge >= 0.3 is 0 Å². The number of carbonyl (C=O) groups is 1.